The Labute approximate surface area is 397 Å². The number of anilines is 4. The Kier molecular flexibility index (Phi) is 10.7. The number of hydrogen-bond donors (Lipinski definition) is 0. The Bertz CT molecular complexity index is 3280. The Hall–Kier alpha value is -7.11. The summed E-state index contributed by atoms with van der Waals surface area (Å²) in [6.07, 6.45) is 1.94. The van der Waals surface area contributed by atoms with E-state index in [-0.39, 0.29) is 21.7 Å². The van der Waals surface area contributed by atoms with Crippen LogP contribution >= 0.6 is 0 Å². The smallest absolute Gasteiger partial charge is 0.137 e. The van der Waals surface area contributed by atoms with Crippen LogP contribution in [0.5, 0.6) is 11.5 Å². The van der Waals surface area contributed by atoms with Crippen molar-refractivity contribution >= 4 is 44.6 Å². The van der Waals surface area contributed by atoms with E-state index in [1.165, 1.54) is 50.1 Å². The van der Waals surface area contributed by atoms with Gasteiger partial charge in [0.25, 0.3) is 0 Å². The number of para-hydroxylation sites is 2. The van der Waals surface area contributed by atoms with Crippen LogP contribution in [0.1, 0.15) is 103 Å². The Morgan fingerprint density at radius 1 is 0.403 bits per heavy atom. The quantitative estimate of drug-likeness (QED) is 0.145. The average molecular weight is 879 g/mol. The zero-order valence-electron chi connectivity index (χ0n) is 40.7. The SMILES string of the molecule is CC(C)(C)c1cc(Oc2ccc3c4cc(C(C)(C)c5ccccc5)ccc4n(-c4cc(C(C)(C)C)ccn4)c3c2)cc(N2CN(c3cccc(C(C)(C)c4ccccc4)c3)c3ccccc32)c1. The molecule has 0 bridgehead atoms. The monoisotopic (exact) mass is 878 g/mol. The predicted octanol–water partition coefficient (Wildman–Crippen LogP) is 16.5. The number of ether oxygens (including phenoxy) is 1. The number of benzene rings is 7. The molecule has 67 heavy (non-hydrogen) atoms. The molecule has 0 fully saturated rings. The molecule has 0 saturated heterocycles. The summed E-state index contributed by atoms with van der Waals surface area (Å²) in [5, 5.41) is 2.35. The predicted molar refractivity (Wildman–Crippen MR) is 282 cm³/mol. The molecule has 0 aliphatic carbocycles. The van der Waals surface area contributed by atoms with Crippen molar-refractivity contribution in [2.75, 3.05) is 16.5 Å². The molecular formula is C62H62N4O. The molecule has 5 heteroatoms. The van der Waals surface area contributed by atoms with E-state index in [0.29, 0.717) is 6.67 Å². The summed E-state index contributed by atoms with van der Waals surface area (Å²) in [6, 6.07) is 64.0. The zero-order valence-corrected chi connectivity index (χ0v) is 40.7. The highest BCUT2D eigenvalue weighted by atomic mass is 16.5. The van der Waals surface area contributed by atoms with Crippen molar-refractivity contribution < 1.29 is 4.74 Å². The molecule has 0 atom stereocenters. The van der Waals surface area contributed by atoms with Gasteiger partial charge >= 0.3 is 0 Å². The van der Waals surface area contributed by atoms with Gasteiger partial charge in [0.1, 0.15) is 24.0 Å². The van der Waals surface area contributed by atoms with Gasteiger partial charge in [-0.05, 0) is 117 Å². The van der Waals surface area contributed by atoms with E-state index >= 15 is 0 Å². The van der Waals surface area contributed by atoms with Gasteiger partial charge in [0.15, 0.2) is 0 Å². The molecular weight excluding hydrogens is 817 g/mol. The van der Waals surface area contributed by atoms with E-state index < -0.39 is 0 Å². The summed E-state index contributed by atoms with van der Waals surface area (Å²) in [5.41, 5.74) is 13.8. The van der Waals surface area contributed by atoms with Gasteiger partial charge in [-0.1, -0.05) is 160 Å². The molecule has 2 aromatic heterocycles. The number of fused-ring (bicyclic) bond motifs is 4. The largest absolute Gasteiger partial charge is 0.457 e. The molecule has 0 saturated carbocycles. The lowest BCUT2D eigenvalue weighted by molar-refractivity contribution is 0.479. The van der Waals surface area contributed by atoms with E-state index in [0.717, 1.165) is 45.1 Å². The van der Waals surface area contributed by atoms with Crippen molar-refractivity contribution in [2.24, 2.45) is 0 Å². The van der Waals surface area contributed by atoms with Crippen LogP contribution in [0, 0.1) is 0 Å². The van der Waals surface area contributed by atoms with Gasteiger partial charge < -0.3 is 14.5 Å². The third-order valence-corrected chi connectivity index (χ3v) is 14.2. The molecule has 0 amide bonds. The van der Waals surface area contributed by atoms with Crippen molar-refractivity contribution in [1.82, 2.24) is 9.55 Å². The maximum absolute atomic E-state index is 7.04. The normalized spacial score (nSPS) is 13.4. The summed E-state index contributed by atoms with van der Waals surface area (Å²) in [7, 11) is 0. The maximum atomic E-state index is 7.04. The summed E-state index contributed by atoms with van der Waals surface area (Å²) in [4.78, 5) is 9.87. The average Bonchev–Trinajstić information content (AvgIpc) is 3.87. The summed E-state index contributed by atoms with van der Waals surface area (Å²) >= 11 is 0. The van der Waals surface area contributed by atoms with Gasteiger partial charge in [-0.25, -0.2) is 4.98 Å². The highest BCUT2D eigenvalue weighted by Crippen LogP contribution is 2.47. The third-order valence-electron chi connectivity index (χ3n) is 14.2. The van der Waals surface area contributed by atoms with Crippen molar-refractivity contribution in [3.8, 4) is 17.3 Å². The van der Waals surface area contributed by atoms with Gasteiger partial charge in [0, 0.05) is 51.3 Å². The second-order valence-electron chi connectivity index (χ2n) is 21.5. The summed E-state index contributed by atoms with van der Waals surface area (Å²) < 4.78 is 9.36. The third kappa shape index (κ3) is 8.05. The van der Waals surface area contributed by atoms with Crippen LogP contribution in [0.25, 0.3) is 27.6 Å². The molecule has 3 heterocycles. The lowest BCUT2D eigenvalue weighted by Gasteiger charge is -2.29. The van der Waals surface area contributed by atoms with E-state index in [1.54, 1.807) is 0 Å². The molecule has 0 radical (unpaired) electrons. The number of nitrogens with zero attached hydrogens (tertiary/aromatic N) is 4. The molecule has 1 aliphatic rings. The molecule has 5 nitrogen and oxygen atoms in total. The van der Waals surface area contributed by atoms with Crippen LogP contribution in [0.15, 0.2) is 182 Å². The van der Waals surface area contributed by atoms with Crippen LogP contribution in [0.4, 0.5) is 22.7 Å². The van der Waals surface area contributed by atoms with E-state index in [2.05, 4.69) is 260 Å². The minimum Gasteiger partial charge on any atom is -0.457 e. The minimum absolute atomic E-state index is 0.0381. The Balaban J connectivity index is 1.06. The van der Waals surface area contributed by atoms with E-state index in [4.69, 9.17) is 9.72 Å². The van der Waals surface area contributed by atoms with Crippen molar-refractivity contribution in [3.05, 3.63) is 216 Å². The number of rotatable bonds is 9. The molecule has 7 aromatic carbocycles. The molecule has 9 aromatic rings. The maximum Gasteiger partial charge on any atom is 0.137 e. The molecule has 10 rings (SSSR count). The summed E-state index contributed by atoms with van der Waals surface area (Å²) in [5.74, 6) is 2.46. The second kappa shape index (κ2) is 16.3. The van der Waals surface area contributed by atoms with E-state index in [1.807, 2.05) is 6.20 Å². The topological polar surface area (TPSA) is 33.5 Å². The van der Waals surface area contributed by atoms with Gasteiger partial charge in [-0.3, -0.25) is 4.57 Å². The first-order chi connectivity index (χ1) is 32.0. The van der Waals surface area contributed by atoms with Crippen LogP contribution in [0.2, 0.25) is 0 Å². The fourth-order valence-electron chi connectivity index (χ4n) is 9.84. The standard InChI is InChI=1S/C62H62N4O/c1-59(2,3)44-32-33-63-58(38-44)66-54-31-28-46(62(9,10)43-22-15-12-16-23-43)37-53(54)52-30-29-50(40-57(52)66)67-51-36-47(60(4,5)6)35-49(39-51)65-41-64(55-26-17-18-27-56(55)65)48-25-19-24-45(34-48)61(7,8)42-20-13-11-14-21-42/h11-40H,41H2,1-10H3. The first-order valence-electron chi connectivity index (χ1n) is 23.7. The van der Waals surface area contributed by atoms with Gasteiger partial charge in [-0.2, -0.15) is 0 Å². The number of hydrogen-bond acceptors (Lipinski definition) is 4. The van der Waals surface area contributed by atoms with E-state index in [9.17, 15) is 0 Å². The molecule has 1 aliphatic heterocycles. The lowest BCUT2D eigenvalue weighted by atomic mass is 9.78. The fraction of sp³-hybridized carbons (Fsp3) is 0.242. The van der Waals surface area contributed by atoms with Gasteiger partial charge in [0.2, 0.25) is 0 Å². The van der Waals surface area contributed by atoms with Crippen LogP contribution in [0.3, 0.4) is 0 Å². The molecule has 0 N–H and O–H groups in total. The van der Waals surface area contributed by atoms with Gasteiger partial charge in [-0.15, -0.1) is 0 Å². The number of pyridine rings is 1. The molecule has 336 valence electrons. The Morgan fingerprint density at radius 2 is 0.985 bits per heavy atom. The molecule has 0 spiro atoms. The van der Waals surface area contributed by atoms with Crippen LogP contribution in [-0.2, 0) is 21.7 Å². The first-order valence-corrected chi connectivity index (χ1v) is 23.7. The fourth-order valence-corrected chi connectivity index (χ4v) is 9.84. The van der Waals surface area contributed by atoms with Crippen molar-refractivity contribution in [3.63, 3.8) is 0 Å². The van der Waals surface area contributed by atoms with Crippen LogP contribution < -0.4 is 14.5 Å². The second-order valence-corrected chi connectivity index (χ2v) is 21.5. The van der Waals surface area contributed by atoms with Crippen LogP contribution in [-0.4, -0.2) is 16.2 Å². The highest BCUT2D eigenvalue weighted by Gasteiger charge is 2.31. The minimum atomic E-state index is -0.191. The van der Waals surface area contributed by atoms with Crippen molar-refractivity contribution in [1.29, 1.82) is 0 Å². The highest BCUT2D eigenvalue weighted by molar-refractivity contribution is 6.10. The van der Waals surface area contributed by atoms with Crippen molar-refractivity contribution in [2.45, 2.75) is 90.9 Å². The lowest BCUT2D eigenvalue weighted by Crippen LogP contribution is -2.25. The summed E-state index contributed by atoms with van der Waals surface area (Å²) in [6.45, 7) is 23.5. The zero-order chi connectivity index (χ0) is 46.9. The first kappa shape index (κ1) is 43.8. The number of aromatic nitrogens is 2. The Morgan fingerprint density at radius 3 is 1.63 bits per heavy atom. The van der Waals surface area contributed by atoms with Gasteiger partial charge in [0.05, 0.1) is 22.4 Å². The molecule has 0 unspecified atom stereocenters.